The van der Waals surface area contributed by atoms with Crippen molar-refractivity contribution in [1.29, 1.82) is 0 Å². The minimum Gasteiger partial charge on any atom is -0.394 e. The van der Waals surface area contributed by atoms with Crippen LogP contribution in [0.4, 0.5) is 5.69 Å². The first-order chi connectivity index (χ1) is 12.6. The third-order valence-corrected chi connectivity index (χ3v) is 3.75. The second-order valence-corrected chi connectivity index (χ2v) is 5.60. The normalized spacial score (nSPS) is 14.2. The van der Waals surface area contributed by atoms with Crippen molar-refractivity contribution in [3.63, 3.8) is 0 Å². The number of rotatable bonds is 6. The molecule has 8 nitrogen and oxygen atoms in total. The number of nitrogens with one attached hydrogen (secondary N) is 2. The molecule has 0 spiro atoms. The molecule has 0 saturated heterocycles. The van der Waals surface area contributed by atoms with Gasteiger partial charge in [-0.1, -0.05) is 30.3 Å². The Balaban J connectivity index is 2.08. The van der Waals surface area contributed by atoms with E-state index in [1.807, 2.05) is 6.07 Å². The largest absolute Gasteiger partial charge is 0.394 e. The predicted molar refractivity (Wildman–Crippen MR) is 98.1 cm³/mol. The quantitative estimate of drug-likeness (QED) is 0.323. The summed E-state index contributed by atoms with van der Waals surface area (Å²) >= 11 is 0. The van der Waals surface area contributed by atoms with Crippen LogP contribution < -0.4 is 11.0 Å². The molecule has 0 saturated carbocycles. The lowest BCUT2D eigenvalue weighted by atomic mass is 10.1. The molecule has 0 unspecified atom stereocenters. The van der Waals surface area contributed by atoms with Crippen molar-refractivity contribution in [3.05, 3.63) is 70.6 Å². The molecule has 0 bridgehead atoms. The highest BCUT2D eigenvalue weighted by molar-refractivity contribution is 6.03. The number of aromatic amines is 1. The zero-order valence-electron chi connectivity index (χ0n) is 13.7. The molecule has 1 aromatic heterocycles. The number of fused-ring (bicyclic) bond motifs is 1. The summed E-state index contributed by atoms with van der Waals surface area (Å²) in [6.07, 6.45) is -3.12. The van der Waals surface area contributed by atoms with E-state index in [1.54, 1.807) is 48.5 Å². The Bertz CT molecular complexity index is 972. The smallest absolute Gasteiger partial charge is 0.276 e. The molecule has 0 aliphatic rings. The summed E-state index contributed by atoms with van der Waals surface area (Å²) in [6, 6.07) is 15.8. The van der Waals surface area contributed by atoms with Crippen LogP contribution >= 0.6 is 0 Å². The number of para-hydroxylation sites is 3. The van der Waals surface area contributed by atoms with E-state index in [1.165, 1.54) is 0 Å². The van der Waals surface area contributed by atoms with E-state index in [2.05, 4.69) is 20.5 Å². The third kappa shape index (κ3) is 3.77. The molecule has 0 fully saturated rings. The monoisotopic (exact) mass is 354 g/mol. The first-order valence-corrected chi connectivity index (χ1v) is 7.95. The highest BCUT2D eigenvalue weighted by atomic mass is 16.4. The van der Waals surface area contributed by atoms with Crippen LogP contribution in [0.5, 0.6) is 0 Å². The Kier molecular flexibility index (Phi) is 5.37. The minimum atomic E-state index is -1.61. The van der Waals surface area contributed by atoms with E-state index < -0.39 is 24.4 Å². The van der Waals surface area contributed by atoms with Crippen molar-refractivity contribution in [2.24, 2.45) is 5.10 Å². The molecule has 0 radical (unpaired) electrons. The second kappa shape index (κ2) is 7.87. The zero-order chi connectivity index (χ0) is 18.5. The van der Waals surface area contributed by atoms with Gasteiger partial charge in [0.2, 0.25) is 0 Å². The first-order valence-electron chi connectivity index (χ1n) is 7.95. The molecular weight excluding hydrogens is 336 g/mol. The standard InChI is InChI=1S/C18H18N4O4/c23-10-14(24)17(25)15(22-21-11-6-2-1-3-7-11)16-18(26)20-13-9-5-4-8-12(13)19-16/h1-9,14,17,21,23-25H,10H2,(H,20,26)/b22-15-/t14-,17+/m0/s1. The average Bonchev–Trinajstić information content (AvgIpc) is 2.68. The molecule has 2 atom stereocenters. The Morgan fingerprint density at radius 1 is 1.12 bits per heavy atom. The molecule has 1 heterocycles. The maximum atomic E-state index is 12.4. The van der Waals surface area contributed by atoms with Gasteiger partial charge >= 0.3 is 0 Å². The molecule has 0 aliphatic carbocycles. The molecule has 5 N–H and O–H groups in total. The van der Waals surface area contributed by atoms with Gasteiger partial charge in [-0.25, -0.2) is 4.98 Å². The van der Waals surface area contributed by atoms with Crippen molar-refractivity contribution in [3.8, 4) is 0 Å². The molecule has 0 amide bonds. The lowest BCUT2D eigenvalue weighted by Gasteiger charge is -2.17. The topological polar surface area (TPSA) is 131 Å². The van der Waals surface area contributed by atoms with Gasteiger partial charge in [-0.3, -0.25) is 10.2 Å². The van der Waals surface area contributed by atoms with Crippen molar-refractivity contribution in [2.45, 2.75) is 12.2 Å². The van der Waals surface area contributed by atoms with Crippen LogP contribution in [-0.2, 0) is 0 Å². The van der Waals surface area contributed by atoms with Gasteiger partial charge in [-0.05, 0) is 24.3 Å². The predicted octanol–water partition coefficient (Wildman–Crippen LogP) is 0.453. The number of aliphatic hydroxyl groups excluding tert-OH is 3. The van der Waals surface area contributed by atoms with E-state index in [4.69, 9.17) is 5.11 Å². The fourth-order valence-corrected chi connectivity index (χ4v) is 2.38. The van der Waals surface area contributed by atoms with Crippen LogP contribution in [0.2, 0.25) is 0 Å². The summed E-state index contributed by atoms with van der Waals surface area (Å²) in [7, 11) is 0. The van der Waals surface area contributed by atoms with Crippen molar-refractivity contribution in [2.75, 3.05) is 12.0 Å². The van der Waals surface area contributed by atoms with E-state index in [0.29, 0.717) is 16.7 Å². The molecular formula is C18H18N4O4. The number of hydrazone groups is 1. The van der Waals surface area contributed by atoms with Gasteiger partial charge in [0, 0.05) is 0 Å². The van der Waals surface area contributed by atoms with Crippen LogP contribution in [0.1, 0.15) is 5.69 Å². The fourth-order valence-electron chi connectivity index (χ4n) is 2.38. The van der Waals surface area contributed by atoms with Gasteiger partial charge in [0.05, 0.1) is 23.3 Å². The van der Waals surface area contributed by atoms with E-state index in [9.17, 15) is 15.0 Å². The molecule has 2 aromatic carbocycles. The summed E-state index contributed by atoms with van der Waals surface area (Å²) in [6.45, 7) is -0.697. The summed E-state index contributed by atoms with van der Waals surface area (Å²) < 4.78 is 0. The van der Waals surface area contributed by atoms with Crippen molar-refractivity contribution >= 4 is 22.4 Å². The number of nitrogens with zero attached hydrogens (tertiary/aromatic N) is 2. The van der Waals surface area contributed by atoms with Gasteiger partial charge in [-0.15, -0.1) is 0 Å². The number of aliphatic hydroxyl groups is 3. The van der Waals surface area contributed by atoms with Crippen molar-refractivity contribution in [1.82, 2.24) is 9.97 Å². The lowest BCUT2D eigenvalue weighted by Crippen LogP contribution is -2.40. The summed E-state index contributed by atoms with van der Waals surface area (Å²) in [5.41, 5.74) is 3.48. The summed E-state index contributed by atoms with van der Waals surface area (Å²) in [5, 5.41) is 33.3. The van der Waals surface area contributed by atoms with Crippen LogP contribution in [0.25, 0.3) is 11.0 Å². The van der Waals surface area contributed by atoms with E-state index in [0.717, 1.165) is 0 Å². The molecule has 3 aromatic rings. The lowest BCUT2D eigenvalue weighted by molar-refractivity contribution is 0.0185. The highest BCUT2D eigenvalue weighted by Crippen LogP contribution is 2.11. The number of aromatic nitrogens is 2. The zero-order valence-corrected chi connectivity index (χ0v) is 13.7. The second-order valence-electron chi connectivity index (χ2n) is 5.60. The Hall–Kier alpha value is -3.07. The number of benzene rings is 2. The minimum absolute atomic E-state index is 0.146. The van der Waals surface area contributed by atoms with Crippen LogP contribution in [-0.4, -0.2) is 49.8 Å². The maximum absolute atomic E-state index is 12.4. The van der Waals surface area contributed by atoms with Crippen LogP contribution in [0.15, 0.2) is 64.5 Å². The van der Waals surface area contributed by atoms with Gasteiger partial charge in [-0.2, -0.15) is 5.10 Å². The van der Waals surface area contributed by atoms with Gasteiger partial charge in [0.15, 0.2) is 5.69 Å². The highest BCUT2D eigenvalue weighted by Gasteiger charge is 2.26. The maximum Gasteiger partial charge on any atom is 0.276 e. The fraction of sp³-hybridized carbons (Fsp3) is 0.167. The number of H-pyrrole nitrogens is 1. The summed E-state index contributed by atoms with van der Waals surface area (Å²) in [4.78, 5) is 19.3. The van der Waals surface area contributed by atoms with Crippen molar-refractivity contribution < 1.29 is 15.3 Å². The van der Waals surface area contributed by atoms with Crippen LogP contribution in [0.3, 0.4) is 0 Å². The number of hydrogen-bond donors (Lipinski definition) is 5. The molecule has 0 aliphatic heterocycles. The first kappa shape index (κ1) is 17.7. The van der Waals surface area contributed by atoms with Gasteiger partial charge in [0.1, 0.15) is 17.9 Å². The van der Waals surface area contributed by atoms with Crippen LogP contribution in [0, 0.1) is 0 Å². The molecule has 8 heteroatoms. The van der Waals surface area contributed by atoms with Gasteiger partial charge in [0.25, 0.3) is 5.56 Å². The molecule has 134 valence electrons. The molecule has 3 rings (SSSR count). The van der Waals surface area contributed by atoms with Gasteiger partial charge < -0.3 is 20.3 Å². The Morgan fingerprint density at radius 3 is 2.54 bits per heavy atom. The Morgan fingerprint density at radius 2 is 1.81 bits per heavy atom. The average molecular weight is 354 g/mol. The number of hydrogen-bond acceptors (Lipinski definition) is 7. The Labute approximate surface area is 148 Å². The van der Waals surface area contributed by atoms with E-state index in [-0.39, 0.29) is 11.4 Å². The third-order valence-electron chi connectivity index (χ3n) is 3.75. The SMILES string of the molecule is O=c1[nH]c2ccccc2nc1/C(=N/Nc1ccccc1)[C@H](O)[C@@H](O)CO. The van der Waals surface area contributed by atoms with E-state index >= 15 is 0 Å². The number of anilines is 1. The molecule has 26 heavy (non-hydrogen) atoms. The summed E-state index contributed by atoms with van der Waals surface area (Å²) in [5.74, 6) is 0.